The van der Waals surface area contributed by atoms with Crippen LogP contribution < -0.4 is 14.9 Å². The van der Waals surface area contributed by atoms with E-state index in [9.17, 15) is 13.5 Å². The van der Waals surface area contributed by atoms with Gasteiger partial charge in [-0.05, 0) is 37.8 Å². The topological polar surface area (TPSA) is 97.3 Å². The maximum absolute atomic E-state index is 12.2. The second-order valence-corrected chi connectivity index (χ2v) is 9.59. The van der Waals surface area contributed by atoms with Gasteiger partial charge >= 0.3 is 0 Å². The van der Waals surface area contributed by atoms with E-state index in [1.165, 1.54) is 6.42 Å². The number of hydrogen-bond donors (Lipinski definition) is 3. The van der Waals surface area contributed by atoms with Crippen molar-refractivity contribution in [3.05, 3.63) is 24.3 Å². The fraction of sp³-hybridized carbons (Fsp3) is 0.650. The minimum absolute atomic E-state index is 0. The van der Waals surface area contributed by atoms with E-state index in [4.69, 9.17) is 0 Å². The van der Waals surface area contributed by atoms with Crippen LogP contribution in [-0.2, 0) is 10.0 Å². The van der Waals surface area contributed by atoms with Gasteiger partial charge in [-0.15, -0.1) is 24.0 Å². The van der Waals surface area contributed by atoms with Crippen molar-refractivity contribution in [2.45, 2.75) is 26.2 Å². The van der Waals surface area contributed by atoms with Gasteiger partial charge in [-0.3, -0.25) is 4.99 Å². The van der Waals surface area contributed by atoms with E-state index in [0.29, 0.717) is 18.2 Å². The Morgan fingerprint density at radius 3 is 2.50 bits per heavy atom. The fourth-order valence-corrected chi connectivity index (χ4v) is 4.57. The van der Waals surface area contributed by atoms with Crippen LogP contribution in [0.1, 0.15) is 26.2 Å². The number of phenolic OH excluding ortho intramolecular Hbond substituents is 1. The Hall–Kier alpha value is -1.27. The normalized spacial score (nSPS) is 18.0. The van der Waals surface area contributed by atoms with Crippen molar-refractivity contribution in [3.63, 3.8) is 0 Å². The van der Waals surface area contributed by atoms with Crippen LogP contribution >= 0.6 is 24.0 Å². The lowest BCUT2D eigenvalue weighted by atomic mass is 9.86. The summed E-state index contributed by atoms with van der Waals surface area (Å²) >= 11 is 0. The van der Waals surface area contributed by atoms with E-state index >= 15 is 0 Å². The zero-order valence-electron chi connectivity index (χ0n) is 17.6. The predicted molar refractivity (Wildman–Crippen MR) is 132 cm³/mol. The Balaban J connectivity index is 0.00000320. The van der Waals surface area contributed by atoms with Crippen molar-refractivity contribution in [1.82, 2.24) is 14.9 Å². The predicted octanol–water partition coefficient (Wildman–Crippen LogP) is 1.82. The molecule has 8 nitrogen and oxygen atoms in total. The van der Waals surface area contributed by atoms with Crippen LogP contribution in [0.3, 0.4) is 0 Å². The Labute approximate surface area is 197 Å². The number of anilines is 1. The van der Waals surface area contributed by atoms with E-state index in [1.807, 2.05) is 25.1 Å². The molecule has 0 bridgehead atoms. The molecule has 10 heteroatoms. The molecule has 1 heterocycles. The number of piperazine rings is 1. The Morgan fingerprint density at radius 2 is 1.90 bits per heavy atom. The number of benzene rings is 1. The van der Waals surface area contributed by atoms with E-state index in [-0.39, 0.29) is 36.3 Å². The summed E-state index contributed by atoms with van der Waals surface area (Å²) < 4.78 is 27.1. The third-order valence-corrected chi connectivity index (χ3v) is 6.90. The van der Waals surface area contributed by atoms with Crippen molar-refractivity contribution in [2.75, 3.05) is 56.5 Å². The Bertz CT molecular complexity index is 793. The minimum Gasteiger partial charge on any atom is -0.506 e. The number of phenols is 1. The molecule has 1 aromatic rings. The number of aliphatic imine (C=N–C) groups is 1. The van der Waals surface area contributed by atoms with Crippen molar-refractivity contribution in [1.29, 1.82) is 0 Å². The minimum atomic E-state index is -3.28. The van der Waals surface area contributed by atoms with E-state index in [0.717, 1.165) is 57.2 Å². The molecule has 1 aliphatic carbocycles. The van der Waals surface area contributed by atoms with Crippen LogP contribution in [0.5, 0.6) is 5.75 Å². The summed E-state index contributed by atoms with van der Waals surface area (Å²) in [4.78, 5) is 8.85. The summed E-state index contributed by atoms with van der Waals surface area (Å²) in [6.45, 7) is 6.57. The molecule has 1 aliphatic heterocycles. The molecule has 0 spiro atoms. The maximum atomic E-state index is 12.2. The number of guanidine groups is 1. The highest BCUT2D eigenvalue weighted by molar-refractivity contribution is 14.0. The van der Waals surface area contributed by atoms with Gasteiger partial charge in [-0.2, -0.15) is 0 Å². The Kier molecular flexibility index (Phi) is 9.95. The number of aromatic hydroxyl groups is 1. The van der Waals surface area contributed by atoms with Gasteiger partial charge in [0.15, 0.2) is 5.96 Å². The molecule has 0 unspecified atom stereocenters. The van der Waals surface area contributed by atoms with Crippen molar-refractivity contribution in [3.8, 4) is 5.75 Å². The van der Waals surface area contributed by atoms with Gasteiger partial charge in [0.25, 0.3) is 0 Å². The SMILES string of the molecule is CCNC(=NCCS(=O)(=O)NCC1CCC1)N1CCN(c2ccccc2O)CC1.I. The molecule has 170 valence electrons. The maximum Gasteiger partial charge on any atom is 0.213 e. The number of halogens is 1. The fourth-order valence-electron chi connectivity index (χ4n) is 3.60. The number of sulfonamides is 1. The Morgan fingerprint density at radius 1 is 1.20 bits per heavy atom. The van der Waals surface area contributed by atoms with E-state index < -0.39 is 10.0 Å². The van der Waals surface area contributed by atoms with Gasteiger partial charge in [0.1, 0.15) is 5.75 Å². The molecule has 1 aromatic carbocycles. The molecule has 1 saturated carbocycles. The van der Waals surface area contributed by atoms with Crippen molar-refractivity contribution in [2.24, 2.45) is 10.9 Å². The van der Waals surface area contributed by atoms with Gasteiger partial charge in [0, 0.05) is 39.3 Å². The third kappa shape index (κ3) is 7.16. The first-order chi connectivity index (χ1) is 14.0. The average Bonchev–Trinajstić information content (AvgIpc) is 2.66. The lowest BCUT2D eigenvalue weighted by Gasteiger charge is -2.37. The number of para-hydroxylation sites is 2. The van der Waals surface area contributed by atoms with Gasteiger partial charge in [0.05, 0.1) is 18.0 Å². The van der Waals surface area contributed by atoms with Crippen LogP contribution in [0.25, 0.3) is 0 Å². The van der Waals surface area contributed by atoms with Crippen LogP contribution in [-0.4, -0.2) is 75.9 Å². The second-order valence-electron chi connectivity index (χ2n) is 7.66. The van der Waals surface area contributed by atoms with Crippen LogP contribution in [0.4, 0.5) is 5.69 Å². The second kappa shape index (κ2) is 11.9. The zero-order chi connectivity index (χ0) is 20.7. The lowest BCUT2D eigenvalue weighted by molar-refractivity contribution is 0.316. The van der Waals surface area contributed by atoms with E-state index in [1.54, 1.807) is 6.07 Å². The molecule has 3 N–H and O–H groups in total. The molecule has 0 aromatic heterocycles. The number of nitrogens with one attached hydrogen (secondary N) is 2. The third-order valence-electron chi connectivity index (χ3n) is 5.57. The molecule has 0 atom stereocenters. The summed E-state index contributed by atoms with van der Waals surface area (Å²) in [5, 5.41) is 13.3. The lowest BCUT2D eigenvalue weighted by Crippen LogP contribution is -2.52. The van der Waals surface area contributed by atoms with Gasteiger partial charge in [-0.1, -0.05) is 18.6 Å². The number of hydrogen-bond acceptors (Lipinski definition) is 5. The first kappa shape index (κ1) is 25.0. The molecule has 2 fully saturated rings. The molecule has 2 aliphatic rings. The summed E-state index contributed by atoms with van der Waals surface area (Å²) in [7, 11) is -3.28. The smallest absolute Gasteiger partial charge is 0.213 e. The molecular weight excluding hydrogens is 517 g/mol. The first-order valence-corrected chi connectivity index (χ1v) is 12.2. The highest BCUT2D eigenvalue weighted by atomic mass is 127. The monoisotopic (exact) mass is 551 g/mol. The molecule has 30 heavy (non-hydrogen) atoms. The summed E-state index contributed by atoms with van der Waals surface area (Å²) in [5.74, 6) is 1.55. The van der Waals surface area contributed by atoms with Crippen molar-refractivity contribution >= 4 is 45.6 Å². The molecular formula is C20H34IN5O3S. The quantitative estimate of drug-likeness (QED) is 0.259. The van der Waals surface area contributed by atoms with Gasteiger partial charge < -0.3 is 20.2 Å². The average molecular weight is 551 g/mol. The zero-order valence-corrected chi connectivity index (χ0v) is 20.7. The molecule has 0 radical (unpaired) electrons. The highest BCUT2D eigenvalue weighted by Gasteiger charge is 2.22. The number of nitrogens with zero attached hydrogens (tertiary/aromatic N) is 3. The van der Waals surface area contributed by atoms with Crippen LogP contribution in [0.2, 0.25) is 0 Å². The molecule has 3 rings (SSSR count). The standard InChI is InChI=1S/C20H33N5O3S.HI/c1-2-21-20(22-10-15-29(27,28)23-16-17-6-5-7-17)25-13-11-24(12-14-25)18-8-3-4-9-19(18)26;/h3-4,8-9,17,23,26H,2,5-7,10-16H2,1H3,(H,21,22);1H. The van der Waals surface area contributed by atoms with Crippen molar-refractivity contribution < 1.29 is 13.5 Å². The van der Waals surface area contributed by atoms with E-state index in [2.05, 4.69) is 24.8 Å². The highest BCUT2D eigenvalue weighted by Crippen LogP contribution is 2.27. The number of rotatable bonds is 8. The molecule has 0 amide bonds. The summed E-state index contributed by atoms with van der Waals surface area (Å²) in [6.07, 6.45) is 3.45. The van der Waals surface area contributed by atoms with Gasteiger partial charge in [0.2, 0.25) is 10.0 Å². The van der Waals surface area contributed by atoms with Gasteiger partial charge in [-0.25, -0.2) is 13.1 Å². The summed E-state index contributed by atoms with van der Waals surface area (Å²) in [5.41, 5.74) is 0.845. The first-order valence-electron chi connectivity index (χ1n) is 10.5. The summed E-state index contributed by atoms with van der Waals surface area (Å²) in [6, 6.07) is 7.37. The van der Waals surface area contributed by atoms with Crippen LogP contribution in [0, 0.1) is 5.92 Å². The molecule has 1 saturated heterocycles. The van der Waals surface area contributed by atoms with Crippen LogP contribution in [0.15, 0.2) is 29.3 Å². The largest absolute Gasteiger partial charge is 0.506 e.